The average Bonchev–Trinajstić information content (AvgIpc) is 2.53. The summed E-state index contributed by atoms with van der Waals surface area (Å²) in [6.07, 6.45) is 2.57. The van der Waals surface area contributed by atoms with E-state index in [0.717, 1.165) is 6.54 Å². The molecule has 1 aliphatic heterocycles. The smallest absolute Gasteiger partial charge is 0.0321 e. The fourth-order valence-corrected chi connectivity index (χ4v) is 3.38. The van der Waals surface area contributed by atoms with E-state index in [0.29, 0.717) is 6.04 Å². The van der Waals surface area contributed by atoms with Gasteiger partial charge in [0.2, 0.25) is 0 Å². The summed E-state index contributed by atoms with van der Waals surface area (Å²) in [6.45, 7) is 1.16. The molecule has 1 N–H and O–H groups in total. The van der Waals surface area contributed by atoms with Crippen LogP contribution in [0.5, 0.6) is 0 Å². The first kappa shape index (κ1) is 9.93. The van der Waals surface area contributed by atoms with Crippen molar-refractivity contribution in [3.63, 3.8) is 0 Å². The fraction of sp³-hybridized carbons (Fsp3) is 0.400. The number of nitrogens with one attached hydrogen (secondary N) is 1. The molecule has 0 spiro atoms. The van der Waals surface area contributed by atoms with Gasteiger partial charge in [-0.05, 0) is 65.7 Å². The third kappa shape index (κ3) is 2.44. The molecule has 0 aliphatic carbocycles. The van der Waals surface area contributed by atoms with E-state index < -0.39 is 0 Å². The second-order valence-electron chi connectivity index (χ2n) is 3.35. The van der Waals surface area contributed by atoms with Crippen LogP contribution in [-0.2, 0) is 0 Å². The van der Waals surface area contributed by atoms with Crippen molar-refractivity contribution >= 4 is 38.5 Å². The van der Waals surface area contributed by atoms with E-state index in [1.807, 2.05) is 0 Å². The molecule has 13 heavy (non-hydrogen) atoms. The fourth-order valence-electron chi connectivity index (χ4n) is 1.75. The monoisotopic (exact) mass is 351 g/mol. The van der Waals surface area contributed by atoms with Crippen molar-refractivity contribution in [2.24, 2.45) is 0 Å². The summed E-state index contributed by atoms with van der Waals surface area (Å²) in [6, 6.07) is 7.18. The molecule has 0 bridgehead atoms. The molecule has 0 saturated carbocycles. The van der Waals surface area contributed by atoms with E-state index in [1.54, 1.807) is 0 Å². The first-order valence-corrected chi connectivity index (χ1v) is 6.32. The van der Waals surface area contributed by atoms with E-state index in [1.165, 1.54) is 26.4 Å². The molecule has 1 unspecified atom stereocenters. The van der Waals surface area contributed by atoms with Crippen molar-refractivity contribution in [3.05, 3.63) is 31.8 Å². The SMILES string of the molecule is Brc1cc(I)cc(C2CCCN2)c1. The highest BCUT2D eigenvalue weighted by Gasteiger charge is 2.16. The lowest BCUT2D eigenvalue weighted by molar-refractivity contribution is 0.647. The first-order valence-electron chi connectivity index (χ1n) is 4.45. The van der Waals surface area contributed by atoms with Crippen LogP contribution < -0.4 is 5.32 Å². The van der Waals surface area contributed by atoms with Gasteiger partial charge in [-0.2, -0.15) is 0 Å². The van der Waals surface area contributed by atoms with Crippen molar-refractivity contribution in [2.45, 2.75) is 18.9 Å². The topological polar surface area (TPSA) is 12.0 Å². The van der Waals surface area contributed by atoms with Gasteiger partial charge in [0.25, 0.3) is 0 Å². The molecule has 1 nitrogen and oxygen atoms in total. The molecule has 1 heterocycles. The third-order valence-corrected chi connectivity index (χ3v) is 3.43. The Morgan fingerprint density at radius 3 is 2.85 bits per heavy atom. The minimum absolute atomic E-state index is 0.575. The van der Waals surface area contributed by atoms with Crippen molar-refractivity contribution in [1.82, 2.24) is 5.32 Å². The highest BCUT2D eigenvalue weighted by molar-refractivity contribution is 14.1. The van der Waals surface area contributed by atoms with Gasteiger partial charge < -0.3 is 5.32 Å². The zero-order valence-corrected chi connectivity index (χ0v) is 10.9. The maximum Gasteiger partial charge on any atom is 0.0321 e. The molecule has 0 radical (unpaired) electrons. The summed E-state index contributed by atoms with van der Waals surface area (Å²) < 4.78 is 2.48. The van der Waals surface area contributed by atoms with Crippen molar-refractivity contribution in [2.75, 3.05) is 6.54 Å². The van der Waals surface area contributed by atoms with Crippen LogP contribution >= 0.6 is 38.5 Å². The van der Waals surface area contributed by atoms with Gasteiger partial charge in [0.05, 0.1) is 0 Å². The summed E-state index contributed by atoms with van der Waals surface area (Å²) in [5, 5.41) is 3.50. The predicted molar refractivity (Wildman–Crippen MR) is 66.8 cm³/mol. The largest absolute Gasteiger partial charge is 0.310 e. The van der Waals surface area contributed by atoms with Crippen molar-refractivity contribution < 1.29 is 0 Å². The van der Waals surface area contributed by atoms with E-state index in [9.17, 15) is 0 Å². The lowest BCUT2D eigenvalue weighted by Gasteiger charge is -2.11. The Balaban J connectivity index is 2.28. The highest BCUT2D eigenvalue weighted by Crippen LogP contribution is 2.27. The summed E-state index contributed by atoms with van der Waals surface area (Å²) >= 11 is 5.89. The van der Waals surface area contributed by atoms with Crippen LogP contribution in [0.15, 0.2) is 22.7 Å². The Morgan fingerprint density at radius 2 is 2.23 bits per heavy atom. The average molecular weight is 352 g/mol. The van der Waals surface area contributed by atoms with Crippen LogP contribution in [0.4, 0.5) is 0 Å². The molecule has 1 aromatic rings. The Hall–Kier alpha value is 0.390. The molecule has 1 saturated heterocycles. The van der Waals surface area contributed by atoms with Crippen LogP contribution in [0.25, 0.3) is 0 Å². The molecular weight excluding hydrogens is 341 g/mol. The summed E-state index contributed by atoms with van der Waals surface area (Å²) in [5.74, 6) is 0. The second-order valence-corrected chi connectivity index (χ2v) is 5.51. The van der Waals surface area contributed by atoms with Gasteiger partial charge in [0.1, 0.15) is 0 Å². The molecule has 70 valence electrons. The van der Waals surface area contributed by atoms with E-state index >= 15 is 0 Å². The van der Waals surface area contributed by atoms with Crippen LogP contribution in [0.3, 0.4) is 0 Å². The molecule has 3 heteroatoms. The maximum atomic E-state index is 3.53. The predicted octanol–water partition coefficient (Wildman–Crippen LogP) is 3.48. The number of benzene rings is 1. The number of hydrogen-bond acceptors (Lipinski definition) is 1. The van der Waals surface area contributed by atoms with Crippen molar-refractivity contribution in [1.29, 1.82) is 0 Å². The van der Waals surface area contributed by atoms with Crippen LogP contribution in [0.2, 0.25) is 0 Å². The van der Waals surface area contributed by atoms with Crippen LogP contribution in [0.1, 0.15) is 24.4 Å². The quantitative estimate of drug-likeness (QED) is 0.764. The molecule has 0 amide bonds. The zero-order chi connectivity index (χ0) is 9.26. The first-order chi connectivity index (χ1) is 6.25. The van der Waals surface area contributed by atoms with Gasteiger partial charge >= 0.3 is 0 Å². The minimum Gasteiger partial charge on any atom is -0.310 e. The van der Waals surface area contributed by atoms with E-state index in [4.69, 9.17) is 0 Å². The van der Waals surface area contributed by atoms with Crippen molar-refractivity contribution in [3.8, 4) is 0 Å². The Bertz CT molecular complexity index is 288. The van der Waals surface area contributed by atoms with Gasteiger partial charge in [0.15, 0.2) is 0 Å². The van der Waals surface area contributed by atoms with Crippen LogP contribution in [-0.4, -0.2) is 6.54 Å². The Kier molecular flexibility index (Phi) is 3.26. The maximum absolute atomic E-state index is 3.53. The Labute approximate surface area is 101 Å². The summed E-state index contributed by atoms with van der Waals surface area (Å²) in [7, 11) is 0. The lowest BCUT2D eigenvalue weighted by Crippen LogP contribution is -2.12. The van der Waals surface area contributed by atoms with Gasteiger partial charge in [-0.3, -0.25) is 0 Å². The molecule has 1 fully saturated rings. The number of hydrogen-bond donors (Lipinski definition) is 1. The third-order valence-electron chi connectivity index (χ3n) is 2.35. The van der Waals surface area contributed by atoms with Gasteiger partial charge in [-0.1, -0.05) is 15.9 Å². The van der Waals surface area contributed by atoms with E-state index in [2.05, 4.69) is 62.0 Å². The van der Waals surface area contributed by atoms with E-state index in [-0.39, 0.29) is 0 Å². The number of rotatable bonds is 1. The molecule has 1 aliphatic rings. The molecule has 1 atom stereocenters. The molecular formula is C10H11BrIN. The summed E-state index contributed by atoms with van der Waals surface area (Å²) in [4.78, 5) is 0. The second kappa shape index (κ2) is 4.28. The highest BCUT2D eigenvalue weighted by atomic mass is 127. The number of halogens is 2. The van der Waals surface area contributed by atoms with Gasteiger partial charge in [-0.15, -0.1) is 0 Å². The lowest BCUT2D eigenvalue weighted by atomic mass is 10.1. The normalized spacial score (nSPS) is 22.2. The Morgan fingerprint density at radius 1 is 1.38 bits per heavy atom. The van der Waals surface area contributed by atoms with Gasteiger partial charge in [0, 0.05) is 14.1 Å². The molecule has 2 rings (SSSR count). The van der Waals surface area contributed by atoms with Gasteiger partial charge in [-0.25, -0.2) is 0 Å². The molecule has 1 aromatic carbocycles. The summed E-state index contributed by atoms with van der Waals surface area (Å²) in [5.41, 5.74) is 1.41. The minimum atomic E-state index is 0.575. The van der Waals surface area contributed by atoms with Crippen LogP contribution in [0, 0.1) is 3.57 Å². The molecule has 0 aromatic heterocycles. The standard InChI is InChI=1S/C10H11BrIN/c11-8-4-7(5-9(12)6-8)10-2-1-3-13-10/h4-6,10,13H,1-3H2. The zero-order valence-electron chi connectivity index (χ0n) is 7.19.